The van der Waals surface area contributed by atoms with Gasteiger partial charge in [-0.3, -0.25) is 9.79 Å². The summed E-state index contributed by atoms with van der Waals surface area (Å²) >= 11 is 0. The maximum atomic E-state index is 11.9. The minimum absolute atomic E-state index is 0. The van der Waals surface area contributed by atoms with Crippen LogP contribution in [0, 0.1) is 11.8 Å². The first kappa shape index (κ1) is 22.0. The molecular weight excluding hydrogens is 451 g/mol. The molecule has 0 aliphatic heterocycles. The van der Waals surface area contributed by atoms with E-state index in [4.69, 9.17) is 0 Å². The van der Waals surface area contributed by atoms with Gasteiger partial charge in [-0.25, -0.2) is 0 Å². The van der Waals surface area contributed by atoms with E-state index < -0.39 is 0 Å². The van der Waals surface area contributed by atoms with Crippen LogP contribution in [0.25, 0.3) is 0 Å². The number of carbonyl (C=O) groups excluding carboxylic acids is 1. The van der Waals surface area contributed by atoms with E-state index >= 15 is 0 Å². The molecule has 2 fully saturated rings. The topological polar surface area (TPSA) is 56.7 Å². The summed E-state index contributed by atoms with van der Waals surface area (Å²) in [6, 6.07) is 8.35. The second-order valence-corrected chi connectivity index (χ2v) is 7.87. The Morgan fingerprint density at radius 1 is 1.15 bits per heavy atom. The predicted molar refractivity (Wildman–Crippen MR) is 122 cm³/mol. The van der Waals surface area contributed by atoms with Crippen LogP contribution >= 0.6 is 24.0 Å². The van der Waals surface area contributed by atoms with Crippen LogP contribution in [0.15, 0.2) is 29.3 Å². The summed E-state index contributed by atoms with van der Waals surface area (Å²) in [5.41, 5.74) is 1.86. The fraction of sp³-hybridized carbons (Fsp3) is 0.619. The number of hydrogen-bond donors (Lipinski definition) is 2. The number of nitrogens with zero attached hydrogens (tertiary/aromatic N) is 2. The molecule has 5 nitrogen and oxygen atoms in total. The Hall–Kier alpha value is -1.31. The van der Waals surface area contributed by atoms with Crippen LogP contribution in [-0.2, 0) is 6.54 Å². The van der Waals surface area contributed by atoms with Crippen LogP contribution in [0.4, 0.5) is 0 Å². The molecule has 2 saturated carbocycles. The number of guanidine groups is 1. The van der Waals surface area contributed by atoms with E-state index in [1.807, 2.05) is 31.3 Å². The second-order valence-electron chi connectivity index (χ2n) is 7.87. The summed E-state index contributed by atoms with van der Waals surface area (Å²) in [6.45, 7) is 0.705. The summed E-state index contributed by atoms with van der Waals surface area (Å²) in [5.74, 6) is 2.66. The maximum Gasteiger partial charge on any atom is 0.253 e. The van der Waals surface area contributed by atoms with Crippen molar-refractivity contribution >= 4 is 35.8 Å². The van der Waals surface area contributed by atoms with E-state index in [0.29, 0.717) is 12.6 Å². The van der Waals surface area contributed by atoms with Crippen LogP contribution in [0.5, 0.6) is 0 Å². The lowest BCUT2D eigenvalue weighted by Gasteiger charge is -2.22. The van der Waals surface area contributed by atoms with Crippen LogP contribution in [0.1, 0.15) is 54.4 Å². The van der Waals surface area contributed by atoms with Crippen molar-refractivity contribution in [3.8, 4) is 0 Å². The largest absolute Gasteiger partial charge is 0.353 e. The molecule has 1 aromatic rings. The molecule has 2 atom stereocenters. The van der Waals surface area contributed by atoms with E-state index in [-0.39, 0.29) is 29.9 Å². The Morgan fingerprint density at radius 3 is 2.41 bits per heavy atom. The average Bonchev–Trinajstić information content (AvgIpc) is 3.44. The van der Waals surface area contributed by atoms with Gasteiger partial charge < -0.3 is 15.5 Å². The third kappa shape index (κ3) is 6.09. The number of hydrogen-bond acceptors (Lipinski definition) is 2. The molecule has 2 unspecified atom stereocenters. The van der Waals surface area contributed by atoms with Gasteiger partial charge in [0, 0.05) is 39.3 Å². The first-order chi connectivity index (χ1) is 12.6. The molecule has 1 amide bonds. The highest BCUT2D eigenvalue weighted by atomic mass is 127. The van der Waals surface area contributed by atoms with Crippen molar-refractivity contribution < 1.29 is 4.79 Å². The zero-order valence-corrected chi connectivity index (χ0v) is 19.0. The zero-order chi connectivity index (χ0) is 18.5. The van der Waals surface area contributed by atoms with Crippen molar-refractivity contribution in [2.75, 3.05) is 21.1 Å². The lowest BCUT2D eigenvalue weighted by Crippen LogP contribution is -2.39. The number of benzene rings is 1. The van der Waals surface area contributed by atoms with Gasteiger partial charge in [0.05, 0.1) is 0 Å². The number of aliphatic imine (C=N–C) groups is 1. The molecule has 0 bridgehead atoms. The number of carbonyl (C=O) groups is 1. The van der Waals surface area contributed by atoms with Gasteiger partial charge in [0.2, 0.25) is 0 Å². The van der Waals surface area contributed by atoms with Gasteiger partial charge in [0.25, 0.3) is 5.91 Å². The predicted octanol–water partition coefficient (Wildman–Crippen LogP) is 3.64. The molecule has 3 rings (SSSR count). The minimum atomic E-state index is 0. The smallest absolute Gasteiger partial charge is 0.253 e. The third-order valence-electron chi connectivity index (χ3n) is 5.71. The number of amides is 1. The Labute approximate surface area is 180 Å². The molecule has 27 heavy (non-hydrogen) atoms. The lowest BCUT2D eigenvalue weighted by atomic mass is 9.85. The molecule has 2 N–H and O–H groups in total. The van der Waals surface area contributed by atoms with E-state index in [1.54, 1.807) is 19.0 Å². The van der Waals surface area contributed by atoms with Crippen molar-refractivity contribution in [2.45, 2.75) is 51.1 Å². The van der Waals surface area contributed by atoms with Crippen molar-refractivity contribution in [1.29, 1.82) is 0 Å². The van der Waals surface area contributed by atoms with Gasteiger partial charge in [-0.15, -0.1) is 24.0 Å². The van der Waals surface area contributed by atoms with Crippen LogP contribution in [-0.4, -0.2) is 44.0 Å². The SMILES string of the molecule is CN=C(NCc1ccc(C(=O)N(C)C)cc1)NC1CC1C1CCCCC1.I. The monoisotopic (exact) mass is 484 g/mol. The van der Waals surface area contributed by atoms with Crippen LogP contribution in [0.3, 0.4) is 0 Å². The van der Waals surface area contributed by atoms with Crippen molar-refractivity contribution in [3.05, 3.63) is 35.4 Å². The van der Waals surface area contributed by atoms with E-state index in [1.165, 1.54) is 38.5 Å². The highest BCUT2D eigenvalue weighted by Crippen LogP contribution is 2.44. The summed E-state index contributed by atoms with van der Waals surface area (Å²) in [7, 11) is 5.37. The van der Waals surface area contributed by atoms with Gasteiger partial charge in [-0.1, -0.05) is 44.2 Å². The van der Waals surface area contributed by atoms with E-state index in [0.717, 1.165) is 28.9 Å². The first-order valence-corrected chi connectivity index (χ1v) is 9.86. The summed E-state index contributed by atoms with van der Waals surface area (Å²) in [4.78, 5) is 17.9. The molecular formula is C21H33IN4O. The molecule has 0 aromatic heterocycles. The van der Waals surface area contributed by atoms with Gasteiger partial charge >= 0.3 is 0 Å². The summed E-state index contributed by atoms with van der Waals surface area (Å²) in [6.07, 6.45) is 8.34. The van der Waals surface area contributed by atoms with Crippen molar-refractivity contribution in [1.82, 2.24) is 15.5 Å². The average molecular weight is 484 g/mol. The molecule has 0 saturated heterocycles. The van der Waals surface area contributed by atoms with Gasteiger partial charge in [0.15, 0.2) is 5.96 Å². The number of rotatable bonds is 5. The summed E-state index contributed by atoms with van der Waals surface area (Å²) < 4.78 is 0. The molecule has 0 spiro atoms. The highest BCUT2D eigenvalue weighted by Gasteiger charge is 2.43. The molecule has 2 aliphatic carbocycles. The number of nitrogens with one attached hydrogen (secondary N) is 2. The Bertz CT molecular complexity index is 638. The standard InChI is InChI=1S/C21H32N4O.HI/c1-22-21(24-19-13-18(19)16-7-5-4-6-8-16)23-14-15-9-11-17(12-10-15)20(26)25(2)3;/h9-12,16,18-19H,4-8,13-14H2,1-3H3,(H2,22,23,24);1H. The molecule has 1 aromatic carbocycles. The number of halogens is 1. The van der Waals surface area contributed by atoms with Crippen molar-refractivity contribution in [3.63, 3.8) is 0 Å². The van der Waals surface area contributed by atoms with Gasteiger partial charge in [-0.05, 0) is 36.0 Å². The fourth-order valence-electron chi connectivity index (χ4n) is 4.04. The van der Waals surface area contributed by atoms with E-state index in [9.17, 15) is 4.79 Å². The van der Waals surface area contributed by atoms with Gasteiger partial charge in [0.1, 0.15) is 0 Å². The molecule has 0 heterocycles. The normalized spacial score (nSPS) is 22.6. The molecule has 0 radical (unpaired) electrons. The second kappa shape index (κ2) is 10.3. The minimum Gasteiger partial charge on any atom is -0.353 e. The summed E-state index contributed by atoms with van der Waals surface area (Å²) in [5, 5.41) is 6.98. The lowest BCUT2D eigenvalue weighted by molar-refractivity contribution is 0.0827. The Kier molecular flexibility index (Phi) is 8.38. The molecule has 150 valence electrons. The maximum absolute atomic E-state index is 11.9. The Balaban J connectivity index is 0.00000261. The fourth-order valence-corrected chi connectivity index (χ4v) is 4.04. The molecule has 2 aliphatic rings. The Morgan fingerprint density at radius 2 is 1.81 bits per heavy atom. The highest BCUT2D eigenvalue weighted by molar-refractivity contribution is 14.0. The van der Waals surface area contributed by atoms with Crippen LogP contribution < -0.4 is 10.6 Å². The first-order valence-electron chi connectivity index (χ1n) is 9.86. The van der Waals surface area contributed by atoms with Crippen molar-refractivity contribution in [2.24, 2.45) is 16.8 Å². The third-order valence-corrected chi connectivity index (χ3v) is 5.71. The van der Waals surface area contributed by atoms with Crippen LogP contribution in [0.2, 0.25) is 0 Å². The quantitative estimate of drug-likeness (QED) is 0.381. The molecule has 6 heteroatoms. The van der Waals surface area contributed by atoms with Gasteiger partial charge in [-0.2, -0.15) is 0 Å². The van der Waals surface area contributed by atoms with E-state index in [2.05, 4.69) is 15.6 Å². The zero-order valence-electron chi connectivity index (χ0n) is 16.7.